The van der Waals surface area contributed by atoms with E-state index in [1.807, 2.05) is 25.1 Å². The van der Waals surface area contributed by atoms with E-state index < -0.39 is 6.10 Å². The molecule has 2 aromatic rings. The zero-order valence-electron chi connectivity index (χ0n) is 10.3. The van der Waals surface area contributed by atoms with Gasteiger partial charge in [0.1, 0.15) is 11.9 Å². The smallest absolute Gasteiger partial charge is 0.109 e. The van der Waals surface area contributed by atoms with Crippen LogP contribution in [0.5, 0.6) is 0 Å². The lowest BCUT2D eigenvalue weighted by atomic mass is 9.99. The molecule has 1 N–H and O–H groups in total. The van der Waals surface area contributed by atoms with Crippen molar-refractivity contribution in [2.75, 3.05) is 0 Å². The summed E-state index contributed by atoms with van der Waals surface area (Å²) in [5, 5.41) is 10.3. The van der Waals surface area contributed by atoms with E-state index in [0.717, 1.165) is 29.7 Å². The normalized spacial score (nSPS) is 12.6. The van der Waals surface area contributed by atoms with Crippen LogP contribution < -0.4 is 0 Å². The first-order valence-corrected chi connectivity index (χ1v) is 6.09. The van der Waals surface area contributed by atoms with E-state index in [0.29, 0.717) is 0 Å². The molecule has 1 heterocycles. The SMILES string of the molecule is CCc1ccc(C(O)c2ccoc2CC)cc1. The fourth-order valence-corrected chi connectivity index (χ4v) is 2.00. The van der Waals surface area contributed by atoms with E-state index in [1.54, 1.807) is 6.26 Å². The topological polar surface area (TPSA) is 33.4 Å². The van der Waals surface area contributed by atoms with Gasteiger partial charge in [0.05, 0.1) is 6.26 Å². The van der Waals surface area contributed by atoms with E-state index in [1.165, 1.54) is 5.56 Å². The van der Waals surface area contributed by atoms with Crippen molar-refractivity contribution in [2.45, 2.75) is 32.8 Å². The van der Waals surface area contributed by atoms with Gasteiger partial charge in [-0.2, -0.15) is 0 Å². The first kappa shape index (κ1) is 11.9. The second-order valence-corrected chi connectivity index (χ2v) is 4.15. The predicted molar refractivity (Wildman–Crippen MR) is 68.0 cm³/mol. The fourth-order valence-electron chi connectivity index (χ4n) is 2.00. The number of benzene rings is 1. The van der Waals surface area contributed by atoms with Gasteiger partial charge >= 0.3 is 0 Å². The van der Waals surface area contributed by atoms with Crippen LogP contribution in [0.25, 0.3) is 0 Å². The molecule has 0 fully saturated rings. The summed E-state index contributed by atoms with van der Waals surface area (Å²) >= 11 is 0. The summed E-state index contributed by atoms with van der Waals surface area (Å²) in [5.41, 5.74) is 3.07. The Morgan fingerprint density at radius 1 is 1.06 bits per heavy atom. The Morgan fingerprint density at radius 3 is 2.35 bits per heavy atom. The standard InChI is InChI=1S/C15H18O2/c1-3-11-5-7-12(8-6-11)15(16)13-9-10-17-14(13)4-2/h5-10,15-16H,3-4H2,1-2H3. The zero-order chi connectivity index (χ0) is 12.3. The lowest BCUT2D eigenvalue weighted by molar-refractivity contribution is 0.217. The van der Waals surface area contributed by atoms with Gasteiger partial charge < -0.3 is 9.52 Å². The molecule has 0 aliphatic heterocycles. The number of rotatable bonds is 4. The molecule has 0 amide bonds. The highest BCUT2D eigenvalue weighted by atomic mass is 16.3. The molecule has 1 atom stereocenters. The minimum atomic E-state index is -0.588. The first-order valence-electron chi connectivity index (χ1n) is 6.09. The highest BCUT2D eigenvalue weighted by Gasteiger charge is 2.15. The molecular weight excluding hydrogens is 212 g/mol. The Bertz CT molecular complexity index is 468. The highest BCUT2D eigenvalue weighted by Crippen LogP contribution is 2.26. The summed E-state index contributed by atoms with van der Waals surface area (Å²) in [6.45, 7) is 4.14. The van der Waals surface area contributed by atoms with Crippen LogP contribution in [0.1, 0.15) is 42.4 Å². The maximum Gasteiger partial charge on any atom is 0.109 e. The van der Waals surface area contributed by atoms with Gasteiger partial charge in [0.15, 0.2) is 0 Å². The van der Waals surface area contributed by atoms with Crippen LogP contribution in [0.15, 0.2) is 41.0 Å². The third-order valence-electron chi connectivity index (χ3n) is 3.10. The molecule has 1 aromatic carbocycles. The molecule has 0 bridgehead atoms. The molecule has 0 radical (unpaired) electrons. The summed E-state index contributed by atoms with van der Waals surface area (Å²) in [6.07, 6.45) is 2.86. The molecule has 2 heteroatoms. The van der Waals surface area contributed by atoms with Crippen molar-refractivity contribution in [3.8, 4) is 0 Å². The van der Waals surface area contributed by atoms with Crippen LogP contribution in [0, 0.1) is 0 Å². The average molecular weight is 230 g/mol. The van der Waals surface area contributed by atoms with Gasteiger partial charge in [0.2, 0.25) is 0 Å². The van der Waals surface area contributed by atoms with E-state index in [4.69, 9.17) is 4.42 Å². The van der Waals surface area contributed by atoms with Crippen LogP contribution in [0.4, 0.5) is 0 Å². The van der Waals surface area contributed by atoms with Gasteiger partial charge in [-0.3, -0.25) is 0 Å². The Balaban J connectivity index is 2.27. The summed E-state index contributed by atoms with van der Waals surface area (Å²) < 4.78 is 5.34. The quantitative estimate of drug-likeness (QED) is 0.872. The third-order valence-corrected chi connectivity index (χ3v) is 3.10. The van der Waals surface area contributed by atoms with E-state index in [2.05, 4.69) is 19.1 Å². The van der Waals surface area contributed by atoms with Gasteiger partial charge in [0.25, 0.3) is 0 Å². The maximum absolute atomic E-state index is 10.3. The Morgan fingerprint density at radius 2 is 1.76 bits per heavy atom. The minimum Gasteiger partial charge on any atom is -0.469 e. The number of hydrogen-bond acceptors (Lipinski definition) is 2. The number of aliphatic hydroxyl groups excluding tert-OH is 1. The van der Waals surface area contributed by atoms with Crippen molar-refractivity contribution in [3.63, 3.8) is 0 Å². The molecular formula is C15H18O2. The average Bonchev–Trinajstić information content (AvgIpc) is 2.86. The predicted octanol–water partition coefficient (Wildman–Crippen LogP) is 3.49. The van der Waals surface area contributed by atoms with E-state index >= 15 is 0 Å². The Hall–Kier alpha value is -1.54. The van der Waals surface area contributed by atoms with Crippen molar-refractivity contribution < 1.29 is 9.52 Å². The second-order valence-electron chi connectivity index (χ2n) is 4.15. The summed E-state index contributed by atoms with van der Waals surface area (Å²) in [7, 11) is 0. The first-order chi connectivity index (χ1) is 8.26. The van der Waals surface area contributed by atoms with Crippen molar-refractivity contribution >= 4 is 0 Å². The molecule has 0 saturated heterocycles. The summed E-state index contributed by atoms with van der Waals surface area (Å²) in [4.78, 5) is 0. The van der Waals surface area contributed by atoms with Gasteiger partial charge in [-0.15, -0.1) is 0 Å². The molecule has 0 aliphatic rings. The van der Waals surface area contributed by atoms with Crippen LogP contribution >= 0.6 is 0 Å². The molecule has 1 unspecified atom stereocenters. The van der Waals surface area contributed by atoms with Crippen molar-refractivity contribution in [3.05, 3.63) is 59.0 Å². The molecule has 0 saturated carbocycles. The lowest BCUT2D eigenvalue weighted by Crippen LogP contribution is -2.01. The van der Waals surface area contributed by atoms with Gasteiger partial charge in [-0.1, -0.05) is 38.1 Å². The molecule has 90 valence electrons. The summed E-state index contributed by atoms with van der Waals surface area (Å²) in [6, 6.07) is 9.93. The minimum absolute atomic E-state index is 0.588. The number of aryl methyl sites for hydroxylation is 2. The zero-order valence-corrected chi connectivity index (χ0v) is 10.3. The van der Waals surface area contributed by atoms with Crippen LogP contribution in [-0.2, 0) is 12.8 Å². The van der Waals surface area contributed by atoms with Crippen molar-refractivity contribution in [1.82, 2.24) is 0 Å². The fraction of sp³-hybridized carbons (Fsp3) is 0.333. The Labute approximate surface area is 102 Å². The number of furan rings is 1. The molecule has 2 nitrogen and oxygen atoms in total. The second kappa shape index (κ2) is 5.19. The van der Waals surface area contributed by atoms with Gasteiger partial charge in [-0.25, -0.2) is 0 Å². The summed E-state index contributed by atoms with van der Waals surface area (Å²) in [5.74, 6) is 0.858. The van der Waals surface area contributed by atoms with Crippen molar-refractivity contribution in [2.24, 2.45) is 0 Å². The van der Waals surface area contributed by atoms with Gasteiger partial charge in [0, 0.05) is 12.0 Å². The lowest BCUT2D eigenvalue weighted by Gasteiger charge is -2.11. The molecule has 0 spiro atoms. The van der Waals surface area contributed by atoms with E-state index in [9.17, 15) is 5.11 Å². The largest absolute Gasteiger partial charge is 0.469 e. The van der Waals surface area contributed by atoms with Crippen LogP contribution in [-0.4, -0.2) is 5.11 Å². The highest BCUT2D eigenvalue weighted by molar-refractivity contribution is 5.33. The third kappa shape index (κ3) is 2.42. The maximum atomic E-state index is 10.3. The van der Waals surface area contributed by atoms with Crippen molar-refractivity contribution in [1.29, 1.82) is 0 Å². The van der Waals surface area contributed by atoms with E-state index in [-0.39, 0.29) is 0 Å². The van der Waals surface area contributed by atoms with Gasteiger partial charge in [-0.05, 0) is 23.6 Å². The molecule has 0 aliphatic carbocycles. The Kier molecular flexibility index (Phi) is 3.64. The number of hydrogen-bond donors (Lipinski definition) is 1. The molecule has 2 rings (SSSR count). The number of aliphatic hydroxyl groups is 1. The van der Waals surface area contributed by atoms with Crippen LogP contribution in [0.3, 0.4) is 0 Å². The monoisotopic (exact) mass is 230 g/mol. The van der Waals surface area contributed by atoms with Crippen LogP contribution in [0.2, 0.25) is 0 Å². The molecule has 17 heavy (non-hydrogen) atoms. The molecule has 1 aromatic heterocycles.